The molecule has 2 heterocycles. The van der Waals surface area contributed by atoms with Gasteiger partial charge in [0.25, 0.3) is 0 Å². The summed E-state index contributed by atoms with van der Waals surface area (Å²) in [4.78, 5) is 5.54. The fraction of sp³-hybridized carbons (Fsp3) is 1.00. The summed E-state index contributed by atoms with van der Waals surface area (Å²) in [7, 11) is 0. The smallest absolute Gasteiger partial charge is 0.0223 e. The van der Waals surface area contributed by atoms with Gasteiger partial charge in [-0.05, 0) is 58.3 Å². The number of rotatable bonds is 12. The average molecular weight is 309 g/mol. The van der Waals surface area contributed by atoms with Gasteiger partial charge in [-0.1, -0.05) is 58.3 Å². The van der Waals surface area contributed by atoms with Crippen LogP contribution in [0.1, 0.15) is 90.4 Å². The third-order valence-corrected chi connectivity index (χ3v) is 5.72. The van der Waals surface area contributed by atoms with E-state index < -0.39 is 0 Å². The van der Waals surface area contributed by atoms with E-state index >= 15 is 0 Å². The molecule has 0 amide bonds. The topological polar surface area (TPSA) is 6.48 Å². The number of likely N-dealkylation sites (tertiary alicyclic amines) is 2. The quantitative estimate of drug-likeness (QED) is 0.464. The first-order chi connectivity index (χ1) is 10.9. The lowest BCUT2D eigenvalue weighted by Crippen LogP contribution is -2.41. The van der Waals surface area contributed by atoms with Crippen LogP contribution in [0.3, 0.4) is 0 Å². The first-order valence-electron chi connectivity index (χ1n) is 10.4. The lowest BCUT2D eigenvalue weighted by Gasteiger charge is -2.31. The molecule has 0 aromatic heterocycles. The molecule has 0 N–H and O–H groups in total. The van der Waals surface area contributed by atoms with Gasteiger partial charge in [-0.2, -0.15) is 0 Å². The van der Waals surface area contributed by atoms with Gasteiger partial charge in [-0.3, -0.25) is 4.90 Å². The third-order valence-electron chi connectivity index (χ3n) is 5.72. The highest BCUT2D eigenvalue weighted by atomic mass is 15.2. The van der Waals surface area contributed by atoms with Gasteiger partial charge in [0.1, 0.15) is 0 Å². The summed E-state index contributed by atoms with van der Waals surface area (Å²) >= 11 is 0. The fourth-order valence-corrected chi connectivity index (χ4v) is 4.27. The van der Waals surface area contributed by atoms with Gasteiger partial charge in [0.2, 0.25) is 0 Å². The summed E-state index contributed by atoms with van der Waals surface area (Å²) in [6, 6.07) is 0.862. The molecular weight excluding hydrogens is 268 g/mol. The van der Waals surface area contributed by atoms with E-state index in [2.05, 4.69) is 16.7 Å². The van der Waals surface area contributed by atoms with Crippen LogP contribution >= 0.6 is 0 Å². The maximum Gasteiger partial charge on any atom is 0.0223 e. The monoisotopic (exact) mass is 308 g/mol. The van der Waals surface area contributed by atoms with E-state index in [1.165, 1.54) is 116 Å². The molecule has 0 bridgehead atoms. The summed E-state index contributed by atoms with van der Waals surface area (Å²) in [5.41, 5.74) is 0. The second-order valence-electron chi connectivity index (χ2n) is 7.67. The van der Waals surface area contributed by atoms with Crippen LogP contribution in [0.25, 0.3) is 0 Å². The molecule has 1 atom stereocenters. The molecule has 0 spiro atoms. The molecule has 1 unspecified atom stereocenters. The zero-order chi connectivity index (χ0) is 15.5. The first-order valence-corrected chi connectivity index (χ1v) is 10.4. The molecule has 2 saturated heterocycles. The van der Waals surface area contributed by atoms with Crippen LogP contribution in [0.5, 0.6) is 0 Å². The van der Waals surface area contributed by atoms with Gasteiger partial charge in [0.05, 0.1) is 0 Å². The number of hydrogen-bond donors (Lipinski definition) is 0. The van der Waals surface area contributed by atoms with Crippen LogP contribution in [0, 0.1) is 0 Å². The predicted molar refractivity (Wildman–Crippen MR) is 97.5 cm³/mol. The zero-order valence-electron chi connectivity index (χ0n) is 15.2. The van der Waals surface area contributed by atoms with Crippen molar-refractivity contribution in [1.29, 1.82) is 0 Å². The van der Waals surface area contributed by atoms with Crippen LogP contribution in [-0.4, -0.2) is 48.6 Å². The Labute approximate surface area is 139 Å². The Balaban J connectivity index is 1.57. The molecule has 22 heavy (non-hydrogen) atoms. The Morgan fingerprint density at radius 2 is 1.23 bits per heavy atom. The Morgan fingerprint density at radius 3 is 1.86 bits per heavy atom. The average Bonchev–Trinajstić information content (AvgIpc) is 3.21. The molecule has 2 aliphatic rings. The summed E-state index contributed by atoms with van der Waals surface area (Å²) < 4.78 is 0. The summed E-state index contributed by atoms with van der Waals surface area (Å²) in [6.45, 7) is 9.13. The van der Waals surface area contributed by atoms with Crippen LogP contribution in [-0.2, 0) is 0 Å². The molecule has 2 heteroatoms. The highest BCUT2D eigenvalue weighted by Gasteiger charge is 2.24. The Bertz CT molecular complexity index is 254. The number of hydrogen-bond acceptors (Lipinski definition) is 2. The van der Waals surface area contributed by atoms with Crippen molar-refractivity contribution >= 4 is 0 Å². The summed E-state index contributed by atoms with van der Waals surface area (Å²) in [6.07, 6.45) is 18.8. The minimum Gasteiger partial charge on any atom is -0.302 e. The second-order valence-corrected chi connectivity index (χ2v) is 7.67. The largest absolute Gasteiger partial charge is 0.302 e. The molecule has 2 nitrogen and oxygen atoms in total. The van der Waals surface area contributed by atoms with Gasteiger partial charge in [0.15, 0.2) is 0 Å². The normalized spacial score (nSPS) is 21.7. The minimum atomic E-state index is 0.862. The van der Waals surface area contributed by atoms with E-state index in [1.54, 1.807) is 0 Å². The standard InChI is InChI=1S/C20H40N2/c1-2-3-4-5-6-7-8-9-14-20(22-17-12-13-18-22)19-21-15-10-11-16-21/h20H,2-19H2,1H3. The van der Waals surface area contributed by atoms with Crippen molar-refractivity contribution in [2.45, 2.75) is 96.4 Å². The summed E-state index contributed by atoms with van der Waals surface area (Å²) in [5, 5.41) is 0. The van der Waals surface area contributed by atoms with Crippen molar-refractivity contribution in [2.24, 2.45) is 0 Å². The van der Waals surface area contributed by atoms with E-state index in [0.29, 0.717) is 0 Å². The van der Waals surface area contributed by atoms with E-state index in [1.807, 2.05) is 0 Å². The fourth-order valence-electron chi connectivity index (χ4n) is 4.27. The highest BCUT2D eigenvalue weighted by Crippen LogP contribution is 2.20. The van der Waals surface area contributed by atoms with Crippen molar-refractivity contribution < 1.29 is 0 Å². The second kappa shape index (κ2) is 11.5. The minimum absolute atomic E-state index is 0.862. The third kappa shape index (κ3) is 7.00. The Morgan fingerprint density at radius 1 is 0.682 bits per heavy atom. The van der Waals surface area contributed by atoms with Gasteiger partial charge in [-0.15, -0.1) is 0 Å². The van der Waals surface area contributed by atoms with Gasteiger partial charge in [0, 0.05) is 12.6 Å². The van der Waals surface area contributed by atoms with Crippen LogP contribution < -0.4 is 0 Å². The molecular formula is C20H40N2. The van der Waals surface area contributed by atoms with Crippen LogP contribution in [0.4, 0.5) is 0 Å². The highest BCUT2D eigenvalue weighted by molar-refractivity contribution is 4.81. The van der Waals surface area contributed by atoms with Gasteiger partial charge >= 0.3 is 0 Å². The SMILES string of the molecule is CCCCCCCCCCC(CN1CCCC1)N1CCCC1. The van der Waals surface area contributed by atoms with E-state index in [0.717, 1.165) is 6.04 Å². The van der Waals surface area contributed by atoms with E-state index in [-0.39, 0.29) is 0 Å². The van der Waals surface area contributed by atoms with E-state index in [4.69, 9.17) is 0 Å². The van der Waals surface area contributed by atoms with Crippen molar-refractivity contribution in [1.82, 2.24) is 9.80 Å². The zero-order valence-corrected chi connectivity index (χ0v) is 15.2. The molecule has 0 aliphatic carbocycles. The van der Waals surface area contributed by atoms with Crippen molar-refractivity contribution in [3.8, 4) is 0 Å². The molecule has 0 aromatic rings. The van der Waals surface area contributed by atoms with Crippen molar-refractivity contribution in [2.75, 3.05) is 32.7 Å². The molecule has 2 fully saturated rings. The maximum absolute atomic E-state index is 2.81. The van der Waals surface area contributed by atoms with E-state index in [9.17, 15) is 0 Å². The Hall–Kier alpha value is -0.0800. The van der Waals surface area contributed by atoms with Gasteiger partial charge < -0.3 is 4.90 Å². The van der Waals surface area contributed by atoms with Crippen LogP contribution in [0.2, 0.25) is 0 Å². The maximum atomic E-state index is 2.81. The predicted octanol–water partition coefficient (Wildman–Crippen LogP) is 5.08. The van der Waals surface area contributed by atoms with Crippen LogP contribution in [0.15, 0.2) is 0 Å². The van der Waals surface area contributed by atoms with Crippen molar-refractivity contribution in [3.63, 3.8) is 0 Å². The summed E-state index contributed by atoms with van der Waals surface area (Å²) in [5.74, 6) is 0. The first kappa shape index (κ1) is 18.3. The van der Waals surface area contributed by atoms with Crippen molar-refractivity contribution in [3.05, 3.63) is 0 Å². The lowest BCUT2D eigenvalue weighted by atomic mass is 10.0. The Kier molecular flexibility index (Phi) is 9.51. The molecule has 0 radical (unpaired) electrons. The lowest BCUT2D eigenvalue weighted by molar-refractivity contribution is 0.167. The number of unbranched alkanes of at least 4 members (excludes halogenated alkanes) is 7. The van der Waals surface area contributed by atoms with Gasteiger partial charge in [-0.25, -0.2) is 0 Å². The number of nitrogens with zero attached hydrogens (tertiary/aromatic N) is 2. The molecule has 0 saturated carbocycles. The molecule has 130 valence electrons. The molecule has 2 aliphatic heterocycles. The molecule has 0 aromatic carbocycles. The molecule has 2 rings (SSSR count).